The molecule has 30 atom stereocenters. The largest absolute Gasteiger partial charge is 0.394 e. The predicted octanol–water partition coefficient (Wildman–Crippen LogP) is -14.1. The predicted molar refractivity (Wildman–Crippen MR) is 199 cm³/mol. The molecule has 0 aromatic heterocycles. The Morgan fingerprint density at radius 1 is 0.254 bits per heavy atom. The molecule has 67 heavy (non-hydrogen) atoms. The van der Waals surface area contributed by atoms with Gasteiger partial charge in [0.05, 0.1) is 39.6 Å². The second-order valence-corrected chi connectivity index (χ2v) is 16.9. The van der Waals surface area contributed by atoms with Crippen molar-refractivity contribution in [3.63, 3.8) is 0 Å². The smallest absolute Gasteiger partial charge is 0.187 e. The van der Waals surface area contributed by atoms with Gasteiger partial charge < -0.3 is 154 Å². The van der Waals surface area contributed by atoms with Gasteiger partial charge in [-0.3, -0.25) is 0 Å². The van der Waals surface area contributed by atoms with Gasteiger partial charge in [-0.1, -0.05) is 0 Å². The second-order valence-electron chi connectivity index (χ2n) is 16.9. The van der Waals surface area contributed by atoms with Gasteiger partial charge in [0.25, 0.3) is 0 Å². The van der Waals surface area contributed by atoms with Crippen LogP contribution in [-0.2, 0) is 52.1 Å². The van der Waals surface area contributed by atoms with Crippen LogP contribution in [0.3, 0.4) is 0 Å². The molecule has 0 saturated carbocycles. The van der Waals surface area contributed by atoms with Crippen molar-refractivity contribution in [3.05, 3.63) is 0 Å². The molecule has 0 spiro atoms. The fourth-order valence-corrected chi connectivity index (χ4v) is 8.19. The van der Waals surface area contributed by atoms with Crippen LogP contribution in [-0.4, -0.2) is 326 Å². The number of hydrogen-bond donors (Lipinski definition) is 20. The van der Waals surface area contributed by atoms with E-state index in [-0.39, 0.29) is 0 Å². The summed E-state index contributed by atoms with van der Waals surface area (Å²) in [4.78, 5) is 0. The highest BCUT2D eigenvalue weighted by Crippen LogP contribution is 2.34. The van der Waals surface area contributed by atoms with Gasteiger partial charge in [0.15, 0.2) is 37.7 Å². The Morgan fingerprint density at radius 3 is 0.896 bits per heavy atom. The zero-order valence-corrected chi connectivity index (χ0v) is 35.0. The average molecular weight is 991 g/mol. The van der Waals surface area contributed by atoms with Gasteiger partial charge in [0.1, 0.15) is 146 Å². The molecule has 0 amide bonds. The van der Waals surface area contributed by atoms with E-state index in [4.69, 9.17) is 52.1 Å². The number of rotatable bonds is 16. The van der Waals surface area contributed by atoms with Crippen LogP contribution in [0.2, 0.25) is 0 Å². The minimum Gasteiger partial charge on any atom is -0.394 e. The Morgan fingerprint density at radius 2 is 0.522 bits per heavy atom. The van der Waals surface area contributed by atoms with E-state index in [0.717, 1.165) is 0 Å². The van der Waals surface area contributed by atoms with Crippen LogP contribution in [0.4, 0.5) is 0 Å². The van der Waals surface area contributed by atoms with Crippen LogP contribution in [0, 0.1) is 0 Å². The minimum absolute atomic E-state index is 0.816. The van der Waals surface area contributed by atoms with Crippen molar-refractivity contribution < 1.29 is 154 Å². The Kier molecular flexibility index (Phi) is 19.4. The summed E-state index contributed by atoms with van der Waals surface area (Å²) in [6, 6.07) is 0. The molecular weight excluding hydrogens is 928 g/mol. The standard InChI is InChI=1S/C36H62O31/c37-1-7-13(40)19(46)23(50)32(61-7)58-6-12-18(45)30(67-36-26(53)21(48)15(42)9(3-39)63-36)28(55)34(65-12)59-4-10-16(43)22(49)24(51)33(64-10)57-5-11-17(44)29(27(54)31(56)60-11)66-35-25(52)20(47)14(41)8(2-38)62-35/h7-56H,1-6H2/t7-,8-,9-,10-,11-,12-,13-,14-,15-,16-,17-,18-,19+,20+,21+,22+,23-,24-,25-,26-,27-,28-,29+,30+,31+,32-,33-,34-,35+,36+/m1/s1. The molecule has 0 aromatic rings. The summed E-state index contributed by atoms with van der Waals surface area (Å²) in [5, 5.41) is 208. The number of ether oxygens (including phenoxy) is 11. The highest BCUT2D eigenvalue weighted by Gasteiger charge is 2.55. The molecule has 6 saturated heterocycles. The zero-order chi connectivity index (χ0) is 49.3. The third-order valence-corrected chi connectivity index (χ3v) is 12.4. The Bertz CT molecular complexity index is 1500. The lowest BCUT2D eigenvalue weighted by molar-refractivity contribution is -0.372. The van der Waals surface area contributed by atoms with Gasteiger partial charge in [-0.25, -0.2) is 0 Å². The number of aliphatic hydroxyl groups is 20. The van der Waals surface area contributed by atoms with Gasteiger partial charge in [0.2, 0.25) is 0 Å². The van der Waals surface area contributed by atoms with Crippen molar-refractivity contribution in [3.8, 4) is 0 Å². The summed E-state index contributed by atoms with van der Waals surface area (Å²) in [6.45, 7) is -5.10. The van der Waals surface area contributed by atoms with E-state index in [2.05, 4.69) is 0 Å². The van der Waals surface area contributed by atoms with Crippen LogP contribution in [0.25, 0.3) is 0 Å². The lowest BCUT2D eigenvalue weighted by atomic mass is 9.96. The van der Waals surface area contributed by atoms with Crippen LogP contribution in [0.15, 0.2) is 0 Å². The molecule has 6 heterocycles. The molecule has 0 aliphatic carbocycles. The third kappa shape index (κ3) is 11.7. The first kappa shape index (κ1) is 55.1. The van der Waals surface area contributed by atoms with E-state index >= 15 is 0 Å². The molecule has 0 radical (unpaired) electrons. The van der Waals surface area contributed by atoms with Crippen molar-refractivity contribution >= 4 is 0 Å². The maximum absolute atomic E-state index is 11.4. The Hall–Kier alpha value is -1.24. The van der Waals surface area contributed by atoms with E-state index < -0.39 is 224 Å². The van der Waals surface area contributed by atoms with Crippen molar-refractivity contribution in [2.24, 2.45) is 0 Å². The van der Waals surface area contributed by atoms with Crippen LogP contribution in [0.1, 0.15) is 0 Å². The van der Waals surface area contributed by atoms with E-state index in [1.165, 1.54) is 0 Å². The van der Waals surface area contributed by atoms with Crippen LogP contribution >= 0.6 is 0 Å². The minimum atomic E-state index is -2.11. The lowest BCUT2D eigenvalue weighted by Gasteiger charge is -2.47. The Labute approximate surface area is 378 Å². The Balaban J connectivity index is 1.13. The van der Waals surface area contributed by atoms with Crippen molar-refractivity contribution in [2.75, 3.05) is 39.6 Å². The highest BCUT2D eigenvalue weighted by atomic mass is 16.8. The molecular formula is C36H62O31. The van der Waals surface area contributed by atoms with Crippen LogP contribution in [0.5, 0.6) is 0 Å². The fraction of sp³-hybridized carbons (Fsp3) is 1.00. The molecule has 0 bridgehead atoms. The number of aliphatic hydroxyl groups excluding tert-OH is 20. The molecule has 6 aliphatic rings. The molecule has 0 aromatic carbocycles. The topological polar surface area (TPSA) is 506 Å². The summed E-state index contributed by atoms with van der Waals surface area (Å²) >= 11 is 0. The molecule has 6 rings (SSSR count). The van der Waals surface area contributed by atoms with Crippen molar-refractivity contribution in [1.29, 1.82) is 0 Å². The van der Waals surface area contributed by atoms with Crippen molar-refractivity contribution in [2.45, 2.75) is 184 Å². The van der Waals surface area contributed by atoms with E-state index in [0.29, 0.717) is 0 Å². The quantitative estimate of drug-likeness (QED) is 0.0683. The fourth-order valence-electron chi connectivity index (χ4n) is 8.19. The van der Waals surface area contributed by atoms with Gasteiger partial charge in [0, 0.05) is 0 Å². The van der Waals surface area contributed by atoms with Gasteiger partial charge in [-0.05, 0) is 0 Å². The monoisotopic (exact) mass is 990 g/mol. The molecule has 6 fully saturated rings. The highest BCUT2D eigenvalue weighted by molar-refractivity contribution is 4.98. The first-order chi connectivity index (χ1) is 31.6. The maximum Gasteiger partial charge on any atom is 0.187 e. The summed E-state index contributed by atoms with van der Waals surface area (Å²) < 4.78 is 60.3. The average Bonchev–Trinajstić information content (AvgIpc) is 3.31. The van der Waals surface area contributed by atoms with Gasteiger partial charge in [-0.15, -0.1) is 0 Å². The van der Waals surface area contributed by atoms with E-state index in [9.17, 15) is 102 Å². The van der Waals surface area contributed by atoms with Crippen molar-refractivity contribution in [1.82, 2.24) is 0 Å². The summed E-state index contributed by atoms with van der Waals surface area (Å²) in [6.07, 6.45) is -56.2. The molecule has 31 nitrogen and oxygen atoms in total. The molecule has 0 unspecified atom stereocenters. The summed E-state index contributed by atoms with van der Waals surface area (Å²) in [5.74, 6) is 0. The zero-order valence-electron chi connectivity index (χ0n) is 35.0. The van der Waals surface area contributed by atoms with E-state index in [1.54, 1.807) is 0 Å². The molecule has 6 aliphatic heterocycles. The van der Waals surface area contributed by atoms with Gasteiger partial charge in [-0.2, -0.15) is 0 Å². The lowest BCUT2D eigenvalue weighted by Crippen LogP contribution is -2.66. The normalized spacial score (nSPS) is 53.4. The van der Waals surface area contributed by atoms with Gasteiger partial charge >= 0.3 is 0 Å². The third-order valence-electron chi connectivity index (χ3n) is 12.4. The number of hydrogen-bond acceptors (Lipinski definition) is 31. The maximum atomic E-state index is 11.4. The van der Waals surface area contributed by atoms with E-state index in [1.807, 2.05) is 0 Å². The second kappa shape index (κ2) is 23.5. The molecule has 31 heteroatoms. The molecule has 392 valence electrons. The van der Waals surface area contributed by atoms with Crippen LogP contribution < -0.4 is 0 Å². The summed E-state index contributed by atoms with van der Waals surface area (Å²) in [7, 11) is 0. The first-order valence-corrected chi connectivity index (χ1v) is 21.1. The summed E-state index contributed by atoms with van der Waals surface area (Å²) in [5.41, 5.74) is 0. The SMILES string of the molecule is OC[C@H]1O[C@@H](OC[C@H]2O[C@@H](OC[C@H]3O[C@@H](OC[C@H]4O[C@H](O)[C@H](O)[C@@H](O[C@@H]5O[C@H](CO)[C@@H](O)[C@H](O)[C@H]5O)[C@@H]4O)[C@H](O)[C@@H](O)[C@@H]3O)[C@H](O)[C@@H](O[C@@H]3O[C@H](CO)[C@@H](O)[C@H](O)[C@H]3O)[C@@H]2O)[C@H](O)[C@@H](O)[C@@H]1O. The first-order valence-electron chi connectivity index (χ1n) is 21.1. The molecule has 20 N–H and O–H groups in total.